The van der Waals surface area contributed by atoms with E-state index in [1.807, 2.05) is 12.1 Å². The maximum absolute atomic E-state index is 5.60. The first-order valence-corrected chi connectivity index (χ1v) is 30.8. The van der Waals surface area contributed by atoms with E-state index in [2.05, 4.69) is 310 Å². The van der Waals surface area contributed by atoms with Gasteiger partial charge in [-0.05, 0) is 190 Å². The number of hydrogen-bond acceptors (Lipinski definition) is 4. The van der Waals surface area contributed by atoms with Crippen LogP contribution < -0.4 is 20.9 Å². The van der Waals surface area contributed by atoms with Crippen molar-refractivity contribution in [3.63, 3.8) is 0 Å². The van der Waals surface area contributed by atoms with Crippen molar-refractivity contribution in [2.45, 2.75) is 183 Å². The van der Waals surface area contributed by atoms with Gasteiger partial charge in [0.05, 0.1) is 0 Å². The van der Waals surface area contributed by atoms with E-state index in [1.165, 1.54) is 91.2 Å². The lowest BCUT2D eigenvalue weighted by Crippen LogP contribution is -2.14. The molecule has 8 aromatic carbocycles. The van der Waals surface area contributed by atoms with E-state index < -0.39 is 0 Å². The Hall–Kier alpha value is -6.56. The van der Waals surface area contributed by atoms with Crippen LogP contribution in [-0.2, 0) is 34.5 Å². The highest BCUT2D eigenvalue weighted by molar-refractivity contribution is 9.10. The SMILES string of the molecule is CC(C)(C)c1ccc(N(c2ccc(C(C)(C)C)cc2)c2cccc(Br)c2)cc1.CCCCCCc1ccc(N)cc1.CCCCCCc1ccc(Nc2cccc(N(c3ccc(C(C)(C)C)cc3)c3ccc(C(C)(C)C)cc3)c2)cc1. The van der Waals surface area contributed by atoms with Crippen LogP contribution in [0.3, 0.4) is 0 Å². The number of benzene rings is 8. The van der Waals surface area contributed by atoms with Gasteiger partial charge in [-0.3, -0.25) is 0 Å². The number of nitrogens with one attached hydrogen (secondary N) is 1. The van der Waals surface area contributed by atoms with E-state index in [0.717, 1.165) is 62.1 Å². The zero-order valence-electron chi connectivity index (χ0n) is 51.9. The molecule has 0 unspecified atom stereocenters. The van der Waals surface area contributed by atoms with Gasteiger partial charge in [-0.25, -0.2) is 0 Å². The topological polar surface area (TPSA) is 44.5 Å². The molecule has 0 aliphatic heterocycles. The van der Waals surface area contributed by atoms with Gasteiger partial charge in [0, 0.05) is 55.7 Å². The highest BCUT2D eigenvalue weighted by Gasteiger charge is 2.21. The fraction of sp³-hybridized carbons (Fsp3) is 0.368. The third-order valence-electron chi connectivity index (χ3n) is 15.0. The number of nitrogens with zero attached hydrogens (tertiary/aromatic N) is 2. The van der Waals surface area contributed by atoms with Gasteiger partial charge in [-0.1, -0.05) is 236 Å². The number of nitrogen functional groups attached to an aromatic ring is 1. The van der Waals surface area contributed by atoms with Crippen molar-refractivity contribution in [1.29, 1.82) is 0 Å². The van der Waals surface area contributed by atoms with Crippen LogP contribution in [0.1, 0.15) is 182 Å². The van der Waals surface area contributed by atoms with Gasteiger partial charge in [0.2, 0.25) is 0 Å². The van der Waals surface area contributed by atoms with Crippen LogP contribution >= 0.6 is 15.9 Å². The average Bonchev–Trinajstić information content (AvgIpc) is 3.45. The molecule has 0 heterocycles. The standard InChI is InChI=1S/C38H48N2.C26H30BrN.C12H19N/c1-8-9-10-11-13-29-16-22-32(23-17-29)39-33-14-12-15-36(28-33)40(34-24-18-30(19-25-34)37(2,3)4)35-26-20-31(21-27-35)38(5,6)7;1-25(2,3)19-10-14-22(15-11-19)28(24-9-7-8-21(27)18-24)23-16-12-20(13-17-23)26(4,5)6;1-2-3-4-5-6-11-7-9-12(13)10-8-11/h12,14-28,39H,8-11,13H2,1-7H3;7-18H,1-6H3;7-10H,2-6,13H2,1H3. The van der Waals surface area contributed by atoms with Gasteiger partial charge in [0.25, 0.3) is 0 Å². The molecule has 81 heavy (non-hydrogen) atoms. The van der Waals surface area contributed by atoms with Gasteiger partial charge >= 0.3 is 0 Å². The Labute approximate surface area is 499 Å². The maximum atomic E-state index is 5.60. The largest absolute Gasteiger partial charge is 0.399 e. The predicted molar refractivity (Wildman–Crippen MR) is 361 cm³/mol. The molecular weight excluding hydrogens is 1050 g/mol. The van der Waals surface area contributed by atoms with Gasteiger partial charge in [-0.15, -0.1) is 0 Å². The number of nitrogens with two attached hydrogens (primary N) is 1. The van der Waals surface area contributed by atoms with Crippen LogP contribution in [0, 0.1) is 0 Å². The van der Waals surface area contributed by atoms with E-state index in [0.29, 0.717) is 0 Å². The normalized spacial score (nSPS) is 11.7. The molecule has 0 bridgehead atoms. The minimum atomic E-state index is 0.118. The summed E-state index contributed by atoms with van der Waals surface area (Å²) in [5, 5.41) is 3.64. The van der Waals surface area contributed by atoms with Crippen molar-refractivity contribution in [3.05, 3.63) is 232 Å². The number of anilines is 9. The maximum Gasteiger partial charge on any atom is 0.0482 e. The van der Waals surface area contributed by atoms with Crippen LogP contribution in [0.4, 0.5) is 51.2 Å². The van der Waals surface area contributed by atoms with E-state index in [4.69, 9.17) is 5.73 Å². The second-order valence-electron chi connectivity index (χ2n) is 26.1. The van der Waals surface area contributed by atoms with Crippen LogP contribution in [0.5, 0.6) is 0 Å². The van der Waals surface area contributed by atoms with Crippen LogP contribution in [0.25, 0.3) is 0 Å². The minimum Gasteiger partial charge on any atom is -0.399 e. The Balaban J connectivity index is 0.000000222. The Morgan fingerprint density at radius 3 is 1.01 bits per heavy atom. The molecule has 8 aromatic rings. The zero-order chi connectivity index (χ0) is 58.8. The number of unbranched alkanes of at least 4 members (excludes halogenated alkanes) is 6. The summed E-state index contributed by atoms with van der Waals surface area (Å²) in [6, 6.07) is 70.2. The van der Waals surface area contributed by atoms with Crippen LogP contribution in [0.2, 0.25) is 0 Å². The molecular formula is C76H97BrN4. The third kappa shape index (κ3) is 19.8. The number of halogens is 1. The van der Waals surface area contributed by atoms with Crippen molar-refractivity contribution < 1.29 is 0 Å². The van der Waals surface area contributed by atoms with Crippen molar-refractivity contribution in [3.8, 4) is 0 Å². The van der Waals surface area contributed by atoms with Gasteiger partial charge in [0.15, 0.2) is 0 Å². The number of aryl methyl sites for hydroxylation is 2. The molecule has 5 heteroatoms. The Kier molecular flexibility index (Phi) is 23.1. The van der Waals surface area contributed by atoms with Crippen molar-refractivity contribution >= 4 is 67.1 Å². The molecule has 0 saturated heterocycles. The lowest BCUT2D eigenvalue weighted by molar-refractivity contribution is 0.590. The summed E-state index contributed by atoms with van der Waals surface area (Å²) >= 11 is 3.62. The summed E-state index contributed by atoms with van der Waals surface area (Å²) in [5.74, 6) is 0. The van der Waals surface area contributed by atoms with Gasteiger partial charge < -0.3 is 20.9 Å². The van der Waals surface area contributed by atoms with Gasteiger partial charge in [-0.2, -0.15) is 0 Å². The van der Waals surface area contributed by atoms with E-state index in [1.54, 1.807) is 0 Å². The van der Waals surface area contributed by atoms with Crippen LogP contribution in [0.15, 0.2) is 199 Å². The minimum absolute atomic E-state index is 0.118. The molecule has 0 fully saturated rings. The molecule has 8 rings (SSSR count). The monoisotopic (exact) mass is 1140 g/mol. The van der Waals surface area contributed by atoms with Crippen LogP contribution in [-0.4, -0.2) is 0 Å². The molecule has 0 aliphatic carbocycles. The fourth-order valence-electron chi connectivity index (χ4n) is 9.79. The van der Waals surface area contributed by atoms with E-state index in [9.17, 15) is 0 Å². The summed E-state index contributed by atoms with van der Waals surface area (Å²) < 4.78 is 1.08. The lowest BCUT2D eigenvalue weighted by atomic mass is 9.86. The molecule has 0 aliphatic rings. The van der Waals surface area contributed by atoms with Gasteiger partial charge in [0.1, 0.15) is 0 Å². The second-order valence-corrected chi connectivity index (χ2v) is 27.0. The van der Waals surface area contributed by atoms with E-state index >= 15 is 0 Å². The average molecular weight is 1150 g/mol. The first-order chi connectivity index (χ1) is 38.4. The van der Waals surface area contributed by atoms with Crippen molar-refractivity contribution in [2.24, 2.45) is 0 Å². The van der Waals surface area contributed by atoms with Crippen molar-refractivity contribution in [1.82, 2.24) is 0 Å². The molecule has 0 saturated carbocycles. The Bertz CT molecular complexity index is 2980. The number of rotatable bonds is 18. The first-order valence-electron chi connectivity index (χ1n) is 30.0. The summed E-state index contributed by atoms with van der Waals surface area (Å²) in [5.41, 5.74) is 24.3. The highest BCUT2D eigenvalue weighted by atomic mass is 79.9. The van der Waals surface area contributed by atoms with E-state index in [-0.39, 0.29) is 21.7 Å². The quantitative estimate of drug-likeness (QED) is 0.0664. The van der Waals surface area contributed by atoms with Crippen molar-refractivity contribution in [2.75, 3.05) is 20.9 Å². The molecule has 0 amide bonds. The summed E-state index contributed by atoms with van der Waals surface area (Å²) in [6.07, 6.45) is 12.9. The molecule has 4 nitrogen and oxygen atoms in total. The molecule has 0 spiro atoms. The summed E-state index contributed by atoms with van der Waals surface area (Å²) in [4.78, 5) is 4.66. The second kappa shape index (κ2) is 29.4. The highest BCUT2D eigenvalue weighted by Crippen LogP contribution is 2.40. The molecule has 0 aromatic heterocycles. The summed E-state index contributed by atoms with van der Waals surface area (Å²) in [7, 11) is 0. The number of hydrogen-bond donors (Lipinski definition) is 2. The zero-order valence-corrected chi connectivity index (χ0v) is 53.5. The smallest absolute Gasteiger partial charge is 0.0482 e. The fourth-order valence-corrected chi connectivity index (χ4v) is 10.2. The molecule has 428 valence electrons. The Morgan fingerprint density at radius 1 is 0.346 bits per heavy atom. The summed E-state index contributed by atoms with van der Waals surface area (Å²) in [6.45, 7) is 31.6. The predicted octanol–water partition coefficient (Wildman–Crippen LogP) is 23.5. The lowest BCUT2D eigenvalue weighted by Gasteiger charge is -2.28. The third-order valence-corrected chi connectivity index (χ3v) is 15.5. The Morgan fingerprint density at radius 2 is 0.679 bits per heavy atom. The molecule has 0 atom stereocenters. The molecule has 3 N–H and O–H groups in total. The first kappa shape index (κ1) is 63.6. The molecule has 0 radical (unpaired) electrons.